The number of pyridine rings is 2. The van der Waals surface area contributed by atoms with Gasteiger partial charge in [-0.05, 0) is 35.9 Å². The average Bonchev–Trinajstić information content (AvgIpc) is 2.53. The Balaban J connectivity index is 1.87. The number of fused-ring (bicyclic) bond motifs is 1. The number of ketones is 1. The molecular weight excluding hydrogens is 248 g/mol. The molecule has 0 spiro atoms. The molecule has 20 heavy (non-hydrogen) atoms. The van der Waals surface area contributed by atoms with E-state index in [0.29, 0.717) is 5.69 Å². The SMILES string of the molecule is O=C(C=Cc1ccncc1)c1ccc2ccccc2n1. The average molecular weight is 260 g/mol. The number of carbonyl (C=O) groups is 1. The summed E-state index contributed by atoms with van der Waals surface area (Å²) < 4.78 is 0. The molecule has 2 heterocycles. The molecule has 0 N–H and O–H groups in total. The normalized spacial score (nSPS) is 11.0. The lowest BCUT2D eigenvalue weighted by atomic mass is 10.1. The van der Waals surface area contributed by atoms with Gasteiger partial charge in [-0.15, -0.1) is 0 Å². The largest absolute Gasteiger partial charge is 0.288 e. The minimum absolute atomic E-state index is 0.104. The van der Waals surface area contributed by atoms with E-state index in [2.05, 4.69) is 9.97 Å². The van der Waals surface area contributed by atoms with Crippen LogP contribution in [0.4, 0.5) is 0 Å². The van der Waals surface area contributed by atoms with Crippen molar-refractivity contribution < 1.29 is 4.79 Å². The summed E-state index contributed by atoms with van der Waals surface area (Å²) in [4.78, 5) is 20.4. The highest BCUT2D eigenvalue weighted by molar-refractivity contribution is 6.06. The number of para-hydroxylation sites is 1. The van der Waals surface area contributed by atoms with Crippen LogP contribution >= 0.6 is 0 Å². The quantitative estimate of drug-likeness (QED) is 0.534. The number of aromatic nitrogens is 2. The van der Waals surface area contributed by atoms with Gasteiger partial charge < -0.3 is 0 Å². The molecule has 0 amide bonds. The Morgan fingerprint density at radius 3 is 2.60 bits per heavy atom. The number of hydrogen-bond acceptors (Lipinski definition) is 3. The molecule has 96 valence electrons. The van der Waals surface area contributed by atoms with E-state index in [1.165, 1.54) is 6.08 Å². The van der Waals surface area contributed by atoms with Gasteiger partial charge in [0.05, 0.1) is 5.52 Å². The van der Waals surface area contributed by atoms with Gasteiger partial charge in [-0.2, -0.15) is 0 Å². The molecule has 3 rings (SSSR count). The van der Waals surface area contributed by atoms with Crippen molar-refractivity contribution in [3.8, 4) is 0 Å². The number of carbonyl (C=O) groups excluding carboxylic acids is 1. The molecule has 0 bridgehead atoms. The van der Waals surface area contributed by atoms with Crippen LogP contribution in [0.1, 0.15) is 16.1 Å². The van der Waals surface area contributed by atoms with E-state index in [1.807, 2.05) is 42.5 Å². The van der Waals surface area contributed by atoms with Crippen LogP contribution in [-0.2, 0) is 0 Å². The second-order valence-corrected chi connectivity index (χ2v) is 4.37. The van der Waals surface area contributed by atoms with Crippen LogP contribution in [0, 0.1) is 0 Å². The number of rotatable bonds is 3. The van der Waals surface area contributed by atoms with Gasteiger partial charge in [0.1, 0.15) is 5.69 Å². The monoisotopic (exact) mass is 260 g/mol. The lowest BCUT2D eigenvalue weighted by Gasteiger charge is -1.99. The first-order valence-corrected chi connectivity index (χ1v) is 6.31. The first kappa shape index (κ1) is 12.2. The Kier molecular flexibility index (Phi) is 3.33. The highest BCUT2D eigenvalue weighted by atomic mass is 16.1. The van der Waals surface area contributed by atoms with Crippen LogP contribution < -0.4 is 0 Å². The zero-order chi connectivity index (χ0) is 13.8. The molecule has 0 aliphatic rings. The van der Waals surface area contributed by atoms with E-state index in [4.69, 9.17) is 0 Å². The highest BCUT2D eigenvalue weighted by Gasteiger charge is 2.04. The van der Waals surface area contributed by atoms with E-state index in [1.54, 1.807) is 24.5 Å². The van der Waals surface area contributed by atoms with Crippen molar-refractivity contribution in [3.05, 3.63) is 78.3 Å². The summed E-state index contributed by atoms with van der Waals surface area (Å²) in [7, 11) is 0. The van der Waals surface area contributed by atoms with Gasteiger partial charge in [0, 0.05) is 17.8 Å². The molecule has 3 nitrogen and oxygen atoms in total. The van der Waals surface area contributed by atoms with Crippen LogP contribution in [0.15, 0.2) is 67.0 Å². The summed E-state index contributed by atoms with van der Waals surface area (Å²) in [6, 6.07) is 15.1. The maximum atomic E-state index is 12.1. The van der Waals surface area contributed by atoms with E-state index >= 15 is 0 Å². The van der Waals surface area contributed by atoms with Crippen molar-refractivity contribution in [1.29, 1.82) is 0 Å². The van der Waals surface area contributed by atoms with Gasteiger partial charge in [-0.1, -0.05) is 30.3 Å². The summed E-state index contributed by atoms with van der Waals surface area (Å²) in [6.45, 7) is 0. The second-order valence-electron chi connectivity index (χ2n) is 4.37. The topological polar surface area (TPSA) is 42.9 Å². The number of nitrogens with zero attached hydrogens (tertiary/aromatic N) is 2. The Hall–Kier alpha value is -2.81. The Bertz CT molecular complexity index is 779. The van der Waals surface area contributed by atoms with Crippen molar-refractivity contribution in [2.24, 2.45) is 0 Å². The number of benzene rings is 1. The minimum Gasteiger partial charge on any atom is -0.288 e. The Morgan fingerprint density at radius 1 is 0.950 bits per heavy atom. The summed E-state index contributed by atoms with van der Waals surface area (Å²) in [6.07, 6.45) is 6.68. The van der Waals surface area contributed by atoms with E-state index < -0.39 is 0 Å². The fourth-order valence-electron chi connectivity index (χ4n) is 1.94. The van der Waals surface area contributed by atoms with Gasteiger partial charge >= 0.3 is 0 Å². The Morgan fingerprint density at radius 2 is 1.75 bits per heavy atom. The Labute approximate surface area is 116 Å². The molecule has 0 radical (unpaired) electrons. The number of allylic oxidation sites excluding steroid dienone is 1. The zero-order valence-corrected chi connectivity index (χ0v) is 10.7. The van der Waals surface area contributed by atoms with E-state index in [-0.39, 0.29) is 5.78 Å². The highest BCUT2D eigenvalue weighted by Crippen LogP contribution is 2.12. The second kappa shape index (κ2) is 5.45. The zero-order valence-electron chi connectivity index (χ0n) is 10.7. The third kappa shape index (κ3) is 2.62. The molecule has 0 aliphatic carbocycles. The lowest BCUT2D eigenvalue weighted by molar-refractivity contribution is 0.104. The summed E-state index contributed by atoms with van der Waals surface area (Å²) >= 11 is 0. The fraction of sp³-hybridized carbons (Fsp3) is 0. The summed E-state index contributed by atoms with van der Waals surface area (Å²) in [5, 5.41) is 1.03. The molecule has 3 heteroatoms. The first-order chi connectivity index (χ1) is 9.83. The van der Waals surface area contributed by atoms with Crippen molar-refractivity contribution >= 4 is 22.8 Å². The maximum Gasteiger partial charge on any atom is 0.204 e. The molecule has 0 fully saturated rings. The smallest absolute Gasteiger partial charge is 0.204 e. The van der Waals surface area contributed by atoms with Crippen LogP contribution in [0.2, 0.25) is 0 Å². The van der Waals surface area contributed by atoms with E-state index in [0.717, 1.165) is 16.5 Å². The standard InChI is InChI=1S/C17H12N2O/c20-17(8-5-13-9-11-18-12-10-13)16-7-6-14-3-1-2-4-15(14)19-16/h1-12H. The fourth-order valence-corrected chi connectivity index (χ4v) is 1.94. The van der Waals surface area contributed by atoms with Crippen LogP contribution in [0.5, 0.6) is 0 Å². The molecule has 0 atom stereocenters. The molecule has 0 aliphatic heterocycles. The van der Waals surface area contributed by atoms with Crippen molar-refractivity contribution in [2.75, 3.05) is 0 Å². The van der Waals surface area contributed by atoms with E-state index in [9.17, 15) is 4.79 Å². The minimum atomic E-state index is -0.104. The predicted octanol–water partition coefficient (Wildman–Crippen LogP) is 3.53. The molecule has 2 aromatic heterocycles. The van der Waals surface area contributed by atoms with Gasteiger partial charge in [0.2, 0.25) is 5.78 Å². The van der Waals surface area contributed by atoms with Gasteiger partial charge in [0.25, 0.3) is 0 Å². The third-order valence-corrected chi connectivity index (χ3v) is 2.98. The molecule has 0 unspecified atom stereocenters. The van der Waals surface area contributed by atoms with Gasteiger partial charge in [0.15, 0.2) is 0 Å². The molecule has 0 saturated carbocycles. The molecule has 1 aromatic carbocycles. The third-order valence-electron chi connectivity index (χ3n) is 2.98. The molecular formula is C17H12N2O. The first-order valence-electron chi connectivity index (χ1n) is 6.31. The molecule has 3 aromatic rings. The van der Waals surface area contributed by atoms with Crippen LogP contribution in [-0.4, -0.2) is 15.8 Å². The van der Waals surface area contributed by atoms with Crippen molar-refractivity contribution in [2.45, 2.75) is 0 Å². The number of hydrogen-bond donors (Lipinski definition) is 0. The van der Waals surface area contributed by atoms with Crippen LogP contribution in [0.25, 0.3) is 17.0 Å². The van der Waals surface area contributed by atoms with Crippen LogP contribution in [0.3, 0.4) is 0 Å². The van der Waals surface area contributed by atoms with Gasteiger partial charge in [-0.25, -0.2) is 4.98 Å². The van der Waals surface area contributed by atoms with Crippen molar-refractivity contribution in [1.82, 2.24) is 9.97 Å². The van der Waals surface area contributed by atoms with Gasteiger partial charge in [-0.3, -0.25) is 9.78 Å². The summed E-state index contributed by atoms with van der Waals surface area (Å²) in [5.41, 5.74) is 2.22. The predicted molar refractivity (Wildman–Crippen MR) is 79.3 cm³/mol. The summed E-state index contributed by atoms with van der Waals surface area (Å²) in [5.74, 6) is -0.104. The van der Waals surface area contributed by atoms with Crippen molar-refractivity contribution in [3.63, 3.8) is 0 Å². The maximum absolute atomic E-state index is 12.1. The lowest BCUT2D eigenvalue weighted by Crippen LogP contribution is -1.98. The molecule has 0 saturated heterocycles.